The Morgan fingerprint density at radius 1 is 1.17 bits per heavy atom. The summed E-state index contributed by atoms with van der Waals surface area (Å²) in [4.78, 5) is 24.3. The smallest absolute Gasteiger partial charge is 0.315 e. The lowest BCUT2D eigenvalue weighted by atomic mass is 9.84. The van der Waals surface area contributed by atoms with Crippen LogP contribution in [0.4, 0.5) is 4.79 Å². The third kappa shape index (κ3) is 3.63. The van der Waals surface area contributed by atoms with Gasteiger partial charge in [0.1, 0.15) is 0 Å². The minimum atomic E-state index is -0.234. The number of hydrogen-bond donors (Lipinski definition) is 2. The maximum atomic E-state index is 12.2. The molecule has 0 radical (unpaired) electrons. The van der Waals surface area contributed by atoms with E-state index in [4.69, 9.17) is 0 Å². The van der Waals surface area contributed by atoms with Crippen molar-refractivity contribution in [1.82, 2.24) is 10.6 Å². The van der Waals surface area contributed by atoms with Gasteiger partial charge in [-0.25, -0.2) is 4.79 Å². The number of aryl methyl sites for hydroxylation is 2. The van der Waals surface area contributed by atoms with Crippen LogP contribution in [0.1, 0.15) is 54.1 Å². The first-order chi connectivity index (χ1) is 11.4. The summed E-state index contributed by atoms with van der Waals surface area (Å²) in [7, 11) is 0. The van der Waals surface area contributed by atoms with E-state index >= 15 is 0 Å². The van der Waals surface area contributed by atoms with Crippen LogP contribution < -0.4 is 10.6 Å². The molecule has 2 fully saturated rings. The monoisotopic (exact) mass is 328 g/mol. The van der Waals surface area contributed by atoms with Crippen molar-refractivity contribution in [3.8, 4) is 0 Å². The molecule has 1 aromatic carbocycles. The Bertz CT molecular complexity index is 641. The quantitative estimate of drug-likeness (QED) is 0.811. The van der Waals surface area contributed by atoms with Crippen molar-refractivity contribution in [3.63, 3.8) is 0 Å². The van der Waals surface area contributed by atoms with Gasteiger partial charge in [-0.05, 0) is 75.0 Å². The molecule has 2 saturated carbocycles. The molecule has 0 saturated heterocycles. The van der Waals surface area contributed by atoms with E-state index in [9.17, 15) is 9.59 Å². The highest BCUT2D eigenvalue weighted by Gasteiger charge is 2.42. The van der Waals surface area contributed by atoms with Gasteiger partial charge in [0, 0.05) is 11.6 Å². The summed E-state index contributed by atoms with van der Waals surface area (Å²) < 4.78 is 0. The number of rotatable bonds is 5. The van der Waals surface area contributed by atoms with Crippen LogP contribution in [0, 0.1) is 31.6 Å². The summed E-state index contributed by atoms with van der Waals surface area (Å²) in [5, 5.41) is 5.75. The van der Waals surface area contributed by atoms with Crippen LogP contribution in [-0.4, -0.2) is 24.4 Å². The van der Waals surface area contributed by atoms with Crippen LogP contribution in [0.25, 0.3) is 0 Å². The summed E-state index contributed by atoms with van der Waals surface area (Å²) in [5.74, 6) is 2.20. The molecule has 2 bridgehead atoms. The number of nitrogens with one attached hydrogen (secondary N) is 2. The van der Waals surface area contributed by atoms with Crippen molar-refractivity contribution in [3.05, 3.63) is 34.9 Å². The van der Waals surface area contributed by atoms with Crippen molar-refractivity contribution in [1.29, 1.82) is 0 Å². The van der Waals surface area contributed by atoms with Gasteiger partial charge >= 0.3 is 6.03 Å². The lowest BCUT2D eigenvalue weighted by Gasteiger charge is -2.28. The van der Waals surface area contributed by atoms with Crippen molar-refractivity contribution in [2.24, 2.45) is 17.8 Å². The summed E-state index contributed by atoms with van der Waals surface area (Å²) in [6.45, 7) is 6.14. The Kier molecular flexibility index (Phi) is 4.93. The predicted octanol–water partition coefficient (Wildman–Crippen LogP) is 3.61. The normalized spacial score (nSPS) is 26.2. The SMILES string of the molecule is Cc1ccc(C(=O)CNC(=O)N[C@@H](C)[C@@H]2C[C@H]3CC[C@H]2C3)cc1C. The Hall–Kier alpha value is -1.84. The standard InChI is InChI=1S/C20H28N2O2/c1-12-4-6-17(8-13(12)2)19(23)11-21-20(24)22-14(3)18-10-15-5-7-16(18)9-15/h4,6,8,14-16,18H,5,7,9-11H2,1-3H3,(H2,21,22,24)/t14-,15-,16-,18-/m0/s1. The third-order valence-corrected chi connectivity index (χ3v) is 6.03. The van der Waals surface area contributed by atoms with E-state index in [0.717, 1.165) is 23.0 Å². The average molecular weight is 328 g/mol. The molecule has 0 heterocycles. The van der Waals surface area contributed by atoms with E-state index in [1.807, 2.05) is 32.0 Å². The van der Waals surface area contributed by atoms with E-state index in [1.54, 1.807) is 0 Å². The van der Waals surface area contributed by atoms with Crippen LogP contribution in [0.2, 0.25) is 0 Å². The average Bonchev–Trinajstić information content (AvgIpc) is 3.18. The first-order valence-electron chi connectivity index (χ1n) is 9.09. The first kappa shape index (κ1) is 17.0. The Morgan fingerprint density at radius 2 is 1.96 bits per heavy atom. The molecule has 2 N–H and O–H groups in total. The van der Waals surface area contributed by atoms with Gasteiger partial charge in [0.25, 0.3) is 0 Å². The zero-order chi connectivity index (χ0) is 17.3. The van der Waals surface area contributed by atoms with Gasteiger partial charge in [0.05, 0.1) is 6.54 Å². The number of hydrogen-bond acceptors (Lipinski definition) is 2. The van der Waals surface area contributed by atoms with E-state index < -0.39 is 0 Å². The second-order valence-electron chi connectivity index (χ2n) is 7.68. The van der Waals surface area contributed by atoms with E-state index in [0.29, 0.717) is 11.5 Å². The summed E-state index contributed by atoms with van der Waals surface area (Å²) >= 11 is 0. The third-order valence-electron chi connectivity index (χ3n) is 6.03. The number of carbonyl (C=O) groups excluding carboxylic acids is 2. The lowest BCUT2D eigenvalue weighted by molar-refractivity contribution is 0.0991. The second kappa shape index (κ2) is 6.96. The summed E-state index contributed by atoms with van der Waals surface area (Å²) in [6.07, 6.45) is 5.26. The van der Waals surface area contributed by atoms with E-state index in [-0.39, 0.29) is 24.4 Å². The highest BCUT2D eigenvalue weighted by molar-refractivity contribution is 5.99. The maximum absolute atomic E-state index is 12.2. The summed E-state index contributed by atoms with van der Waals surface area (Å²) in [5.41, 5.74) is 2.91. The number of urea groups is 1. The van der Waals surface area contributed by atoms with Gasteiger partial charge in [-0.1, -0.05) is 18.6 Å². The minimum absolute atomic E-state index is 0.0395. The van der Waals surface area contributed by atoms with Gasteiger partial charge in [-0.3, -0.25) is 4.79 Å². The number of amides is 2. The molecule has 3 rings (SSSR count). The molecule has 4 nitrogen and oxygen atoms in total. The van der Waals surface area contributed by atoms with Crippen LogP contribution in [0.5, 0.6) is 0 Å². The molecule has 1 aromatic rings. The molecule has 0 spiro atoms. The Morgan fingerprint density at radius 3 is 2.58 bits per heavy atom. The summed E-state index contributed by atoms with van der Waals surface area (Å²) in [6, 6.07) is 5.59. The molecule has 2 amide bonds. The van der Waals surface area contributed by atoms with Crippen LogP contribution >= 0.6 is 0 Å². The Balaban J connectivity index is 1.46. The van der Waals surface area contributed by atoms with Gasteiger partial charge in [0.2, 0.25) is 0 Å². The molecule has 24 heavy (non-hydrogen) atoms. The Labute approximate surface area is 144 Å². The molecular formula is C20H28N2O2. The number of fused-ring (bicyclic) bond motifs is 2. The minimum Gasteiger partial charge on any atom is -0.335 e. The fraction of sp³-hybridized carbons (Fsp3) is 0.600. The van der Waals surface area contributed by atoms with Gasteiger partial charge < -0.3 is 10.6 Å². The predicted molar refractivity (Wildman–Crippen MR) is 95.2 cm³/mol. The van der Waals surface area contributed by atoms with Gasteiger partial charge in [-0.2, -0.15) is 0 Å². The topological polar surface area (TPSA) is 58.2 Å². The molecule has 0 unspecified atom stereocenters. The molecule has 2 aliphatic rings. The zero-order valence-corrected chi connectivity index (χ0v) is 14.9. The zero-order valence-electron chi connectivity index (χ0n) is 14.9. The fourth-order valence-corrected chi connectivity index (χ4v) is 4.45. The first-order valence-corrected chi connectivity index (χ1v) is 9.09. The van der Waals surface area contributed by atoms with Crippen molar-refractivity contribution < 1.29 is 9.59 Å². The molecule has 4 atom stereocenters. The highest BCUT2D eigenvalue weighted by atomic mass is 16.2. The number of ketones is 1. The molecular weight excluding hydrogens is 300 g/mol. The van der Waals surface area contributed by atoms with Crippen LogP contribution in [0.15, 0.2) is 18.2 Å². The van der Waals surface area contributed by atoms with Crippen molar-refractivity contribution in [2.45, 2.75) is 52.5 Å². The largest absolute Gasteiger partial charge is 0.335 e. The second-order valence-corrected chi connectivity index (χ2v) is 7.68. The highest BCUT2D eigenvalue weighted by Crippen LogP contribution is 2.49. The van der Waals surface area contributed by atoms with E-state index in [2.05, 4.69) is 17.6 Å². The van der Waals surface area contributed by atoms with Crippen molar-refractivity contribution in [2.75, 3.05) is 6.54 Å². The number of Topliss-reactive ketones (excluding diaryl/α,β-unsaturated/α-hetero) is 1. The van der Waals surface area contributed by atoms with E-state index in [1.165, 1.54) is 25.7 Å². The van der Waals surface area contributed by atoms with Crippen LogP contribution in [0.3, 0.4) is 0 Å². The molecule has 0 aliphatic heterocycles. The molecule has 0 aromatic heterocycles. The van der Waals surface area contributed by atoms with Gasteiger partial charge in [-0.15, -0.1) is 0 Å². The van der Waals surface area contributed by atoms with Crippen molar-refractivity contribution >= 4 is 11.8 Å². The number of benzene rings is 1. The molecule has 4 heteroatoms. The lowest BCUT2D eigenvalue weighted by Crippen LogP contribution is -2.46. The fourth-order valence-electron chi connectivity index (χ4n) is 4.45. The van der Waals surface area contributed by atoms with Crippen LogP contribution in [-0.2, 0) is 0 Å². The molecule has 130 valence electrons. The maximum Gasteiger partial charge on any atom is 0.315 e. The number of carbonyl (C=O) groups is 2. The molecule has 2 aliphatic carbocycles. The van der Waals surface area contributed by atoms with Gasteiger partial charge in [0.15, 0.2) is 5.78 Å².